The molecule has 1 heteroatoms. The zero-order chi connectivity index (χ0) is 7.66. The second-order valence-electron chi connectivity index (χ2n) is 1.29. The summed E-state index contributed by atoms with van der Waals surface area (Å²) in [6, 6.07) is 0. The van der Waals surface area contributed by atoms with Crippen LogP contribution in [0.5, 0.6) is 0 Å². The van der Waals surface area contributed by atoms with Gasteiger partial charge in [-0.2, -0.15) is 0 Å². The molecule has 48 valence electrons. The monoisotopic (exact) mass is 130 g/mol. The van der Waals surface area contributed by atoms with Gasteiger partial charge in [-0.25, -0.2) is 0 Å². The van der Waals surface area contributed by atoms with Crippen molar-refractivity contribution < 1.29 is 4.79 Å². The molecule has 0 radical (unpaired) electrons. The number of rotatable bonds is 2. The van der Waals surface area contributed by atoms with Crippen LogP contribution in [0.3, 0.4) is 0 Å². The van der Waals surface area contributed by atoms with Crippen LogP contribution in [0.4, 0.5) is 0 Å². The van der Waals surface area contributed by atoms with Gasteiger partial charge in [0.1, 0.15) is 6.29 Å². The van der Waals surface area contributed by atoms with E-state index in [1.807, 2.05) is 0 Å². The molecule has 0 unspecified atom stereocenters. The van der Waals surface area contributed by atoms with E-state index in [1.54, 1.807) is 18.2 Å². The number of hydrogen-bond acceptors (Lipinski definition) is 1. The third-order valence-corrected chi connectivity index (χ3v) is 0.625. The molecule has 0 aromatic carbocycles. The van der Waals surface area contributed by atoms with Crippen LogP contribution in [0.1, 0.15) is 0 Å². The van der Waals surface area contributed by atoms with E-state index in [9.17, 15) is 4.79 Å². The minimum Gasteiger partial charge on any atom is -0.299 e. The Bertz CT molecular complexity index is 240. The number of hydrogen-bond donors (Lipinski definition) is 0. The average Bonchev–Trinajstić information content (AvgIpc) is 1.97. The lowest BCUT2D eigenvalue weighted by atomic mass is 10.4. The predicted molar refractivity (Wildman–Crippen MR) is 41.0 cm³/mol. The first-order valence-electron chi connectivity index (χ1n) is 2.65. The van der Waals surface area contributed by atoms with E-state index in [0.717, 1.165) is 0 Å². The van der Waals surface area contributed by atoms with Gasteiger partial charge in [-0.1, -0.05) is 18.1 Å². The van der Waals surface area contributed by atoms with Gasteiger partial charge in [0.15, 0.2) is 0 Å². The van der Waals surface area contributed by atoms with Crippen molar-refractivity contribution in [1.29, 1.82) is 0 Å². The summed E-state index contributed by atoms with van der Waals surface area (Å²) in [5.41, 5.74) is 0. The van der Waals surface area contributed by atoms with Gasteiger partial charge in [0, 0.05) is 0 Å². The van der Waals surface area contributed by atoms with Crippen molar-refractivity contribution in [2.24, 2.45) is 0 Å². The average molecular weight is 130 g/mol. The maximum atomic E-state index is 9.70. The van der Waals surface area contributed by atoms with Gasteiger partial charge in [0.25, 0.3) is 0 Å². The van der Waals surface area contributed by atoms with E-state index in [2.05, 4.69) is 17.8 Å². The van der Waals surface area contributed by atoms with Gasteiger partial charge in [-0.05, 0) is 24.0 Å². The summed E-state index contributed by atoms with van der Waals surface area (Å²) < 4.78 is 0. The molecule has 0 aromatic heterocycles. The highest BCUT2D eigenvalue weighted by atomic mass is 16.1. The molecule has 0 saturated carbocycles. The second-order valence-corrected chi connectivity index (χ2v) is 1.29. The minimum atomic E-state index is 0.693. The Morgan fingerprint density at radius 1 is 1.20 bits per heavy atom. The number of aldehydes is 1. The molecule has 0 bridgehead atoms. The Morgan fingerprint density at radius 3 is 2.60 bits per heavy atom. The first-order chi connectivity index (χ1) is 4.91. The molecular weight excluding hydrogens is 124 g/mol. The molecule has 0 amide bonds. The third-order valence-electron chi connectivity index (χ3n) is 0.625. The lowest BCUT2D eigenvalue weighted by Gasteiger charge is -1.64. The molecule has 1 nitrogen and oxygen atoms in total. The van der Waals surface area contributed by atoms with Crippen LogP contribution >= 0.6 is 0 Å². The molecule has 0 spiro atoms. The van der Waals surface area contributed by atoms with Crippen LogP contribution in [0.25, 0.3) is 0 Å². The van der Waals surface area contributed by atoms with Gasteiger partial charge < -0.3 is 0 Å². The van der Waals surface area contributed by atoms with Crippen molar-refractivity contribution in [2.45, 2.75) is 0 Å². The molecule has 0 aliphatic rings. The maximum absolute atomic E-state index is 9.70. The molecule has 0 rings (SSSR count). The first-order valence-corrected chi connectivity index (χ1v) is 2.65. The lowest BCUT2D eigenvalue weighted by Crippen LogP contribution is -1.55. The summed E-state index contributed by atoms with van der Waals surface area (Å²) in [4.78, 5) is 9.70. The summed E-state index contributed by atoms with van der Waals surface area (Å²) in [7, 11) is 0. The first kappa shape index (κ1) is 8.27. The second kappa shape index (κ2) is 7.27. The van der Waals surface area contributed by atoms with Crippen molar-refractivity contribution in [3.8, 4) is 24.2 Å². The third kappa shape index (κ3) is 6.27. The summed E-state index contributed by atoms with van der Waals surface area (Å²) in [6.07, 6.45) is 11.7. The van der Waals surface area contributed by atoms with E-state index in [0.29, 0.717) is 6.29 Å². The van der Waals surface area contributed by atoms with Crippen LogP contribution in [-0.2, 0) is 4.79 Å². The molecular formula is C9H6O. The molecule has 0 saturated heterocycles. The smallest absolute Gasteiger partial charge is 0.142 e. The normalized spacial score (nSPS) is 8.70. The fourth-order valence-electron chi connectivity index (χ4n) is 0.297. The Kier molecular flexibility index (Phi) is 6.01. The minimum absolute atomic E-state index is 0.693. The van der Waals surface area contributed by atoms with Crippen LogP contribution in [0, 0.1) is 24.2 Å². The number of terminal acetylenes is 1. The van der Waals surface area contributed by atoms with E-state index in [4.69, 9.17) is 6.42 Å². The van der Waals surface area contributed by atoms with E-state index >= 15 is 0 Å². The summed E-state index contributed by atoms with van der Waals surface area (Å²) >= 11 is 0. The van der Waals surface area contributed by atoms with Crippen LogP contribution in [-0.4, -0.2) is 6.29 Å². The Balaban J connectivity index is 3.69. The van der Waals surface area contributed by atoms with Gasteiger partial charge in [-0.15, -0.1) is 6.42 Å². The van der Waals surface area contributed by atoms with Crippen molar-refractivity contribution >= 4 is 6.29 Å². The van der Waals surface area contributed by atoms with Crippen LogP contribution in [0.2, 0.25) is 0 Å². The lowest BCUT2D eigenvalue weighted by molar-refractivity contribution is -0.104. The van der Waals surface area contributed by atoms with Crippen molar-refractivity contribution in [3.05, 3.63) is 24.3 Å². The highest BCUT2D eigenvalue weighted by molar-refractivity contribution is 5.65. The molecule has 0 aliphatic carbocycles. The highest BCUT2D eigenvalue weighted by Gasteiger charge is 1.59. The van der Waals surface area contributed by atoms with Crippen LogP contribution < -0.4 is 0 Å². The summed E-state index contributed by atoms with van der Waals surface area (Å²) in [6.45, 7) is 0. The highest BCUT2D eigenvalue weighted by Crippen LogP contribution is 1.72. The molecule has 0 heterocycles. The largest absolute Gasteiger partial charge is 0.299 e. The zero-order valence-electron chi connectivity index (χ0n) is 5.37. The maximum Gasteiger partial charge on any atom is 0.142 e. The Labute approximate surface area is 60.4 Å². The number of carbonyl (C=O) groups is 1. The number of carbonyl (C=O) groups excluding carboxylic acids is 1. The summed E-state index contributed by atoms with van der Waals surface area (Å²) in [5.74, 6) is 7.11. The molecule has 0 atom stereocenters. The molecule has 0 aromatic rings. The standard InChI is InChI=1S/C9H6O/c1-2-3-4-5-6-7-8-9-10/h1,5-9H/b6-5+,8-7+. The molecule has 10 heavy (non-hydrogen) atoms. The fraction of sp³-hybridized carbons (Fsp3) is 0. The van der Waals surface area contributed by atoms with Crippen LogP contribution in [0.15, 0.2) is 24.3 Å². The number of allylic oxidation sites excluding steroid dienone is 4. The Hall–Kier alpha value is -1.73. The van der Waals surface area contributed by atoms with Gasteiger partial charge >= 0.3 is 0 Å². The van der Waals surface area contributed by atoms with Crippen molar-refractivity contribution in [1.82, 2.24) is 0 Å². The molecule has 0 fully saturated rings. The zero-order valence-corrected chi connectivity index (χ0v) is 5.37. The van der Waals surface area contributed by atoms with E-state index in [-0.39, 0.29) is 0 Å². The van der Waals surface area contributed by atoms with Crippen molar-refractivity contribution in [2.75, 3.05) is 0 Å². The fourth-order valence-corrected chi connectivity index (χ4v) is 0.297. The Morgan fingerprint density at radius 2 is 2.00 bits per heavy atom. The van der Waals surface area contributed by atoms with E-state index in [1.165, 1.54) is 6.08 Å². The molecule has 0 N–H and O–H groups in total. The predicted octanol–water partition coefficient (Wildman–Crippen LogP) is 0.934. The SMILES string of the molecule is C#CC#C/C=C/C=C/C=O. The topological polar surface area (TPSA) is 17.1 Å². The quantitative estimate of drug-likeness (QED) is 0.235. The van der Waals surface area contributed by atoms with E-state index < -0.39 is 0 Å². The summed E-state index contributed by atoms with van der Waals surface area (Å²) in [5, 5.41) is 0. The molecule has 0 aliphatic heterocycles. The van der Waals surface area contributed by atoms with Gasteiger partial charge in [-0.3, -0.25) is 4.79 Å². The van der Waals surface area contributed by atoms with Crippen molar-refractivity contribution in [3.63, 3.8) is 0 Å². The van der Waals surface area contributed by atoms with Gasteiger partial charge in [0.2, 0.25) is 0 Å². The van der Waals surface area contributed by atoms with Gasteiger partial charge in [0.05, 0.1) is 0 Å².